The highest BCUT2D eigenvalue weighted by molar-refractivity contribution is 5.96. The van der Waals surface area contributed by atoms with E-state index >= 15 is 0 Å². The van der Waals surface area contributed by atoms with Crippen LogP contribution in [0.1, 0.15) is 28.4 Å². The smallest absolute Gasteiger partial charge is 0.325 e. The van der Waals surface area contributed by atoms with Gasteiger partial charge in [0, 0.05) is 18.7 Å². The van der Waals surface area contributed by atoms with Gasteiger partial charge < -0.3 is 15.4 Å². The zero-order valence-electron chi connectivity index (χ0n) is 14.1. The fraction of sp³-hybridized carbons (Fsp3) is 0.263. The first kappa shape index (κ1) is 18.6. The standard InChI is InChI=1S/C19H21FN2O3/c1-2-25-18(23)13-22(12-15-5-9-17(20)10-6-15)19(24)16-7-3-14(11-21)4-8-16/h3-10H,2,11-13,21H2,1H3. The van der Waals surface area contributed by atoms with E-state index in [1.807, 2.05) is 0 Å². The van der Waals surface area contributed by atoms with Crippen molar-refractivity contribution in [2.24, 2.45) is 5.73 Å². The van der Waals surface area contributed by atoms with Crippen molar-refractivity contribution < 1.29 is 18.7 Å². The van der Waals surface area contributed by atoms with Crippen molar-refractivity contribution in [1.82, 2.24) is 4.90 Å². The van der Waals surface area contributed by atoms with Gasteiger partial charge in [-0.05, 0) is 42.3 Å². The normalized spacial score (nSPS) is 10.4. The number of hydrogen-bond acceptors (Lipinski definition) is 4. The number of halogens is 1. The molecule has 0 aromatic heterocycles. The molecule has 25 heavy (non-hydrogen) atoms. The van der Waals surface area contributed by atoms with Gasteiger partial charge in [-0.2, -0.15) is 0 Å². The second-order valence-electron chi connectivity index (χ2n) is 5.49. The number of carbonyl (C=O) groups is 2. The van der Waals surface area contributed by atoms with E-state index < -0.39 is 5.97 Å². The Morgan fingerprint density at radius 3 is 2.20 bits per heavy atom. The quantitative estimate of drug-likeness (QED) is 0.783. The number of nitrogens with two attached hydrogens (primary N) is 1. The van der Waals surface area contributed by atoms with Crippen molar-refractivity contribution in [3.05, 3.63) is 71.0 Å². The number of ether oxygens (including phenoxy) is 1. The number of nitrogens with zero attached hydrogens (tertiary/aromatic N) is 1. The van der Waals surface area contributed by atoms with Crippen LogP contribution in [0, 0.1) is 5.82 Å². The van der Waals surface area contributed by atoms with Crippen molar-refractivity contribution in [2.75, 3.05) is 13.2 Å². The van der Waals surface area contributed by atoms with Crippen LogP contribution in [0.25, 0.3) is 0 Å². The lowest BCUT2D eigenvalue weighted by molar-refractivity contribution is -0.143. The van der Waals surface area contributed by atoms with Gasteiger partial charge in [0.15, 0.2) is 0 Å². The SMILES string of the molecule is CCOC(=O)CN(Cc1ccc(F)cc1)C(=O)c1ccc(CN)cc1. The topological polar surface area (TPSA) is 72.6 Å². The minimum absolute atomic E-state index is 0.177. The summed E-state index contributed by atoms with van der Waals surface area (Å²) in [4.78, 5) is 26.0. The van der Waals surface area contributed by atoms with E-state index in [-0.39, 0.29) is 31.4 Å². The van der Waals surface area contributed by atoms with Gasteiger partial charge in [-0.1, -0.05) is 24.3 Å². The van der Waals surface area contributed by atoms with E-state index in [2.05, 4.69) is 0 Å². The van der Waals surface area contributed by atoms with Crippen LogP contribution < -0.4 is 5.73 Å². The van der Waals surface area contributed by atoms with Gasteiger partial charge in [-0.25, -0.2) is 4.39 Å². The predicted molar refractivity (Wildman–Crippen MR) is 92.1 cm³/mol. The first-order valence-electron chi connectivity index (χ1n) is 8.01. The molecule has 2 aromatic carbocycles. The highest BCUT2D eigenvalue weighted by Crippen LogP contribution is 2.12. The number of benzene rings is 2. The fourth-order valence-corrected chi connectivity index (χ4v) is 2.34. The van der Waals surface area contributed by atoms with Crippen LogP contribution in [0.2, 0.25) is 0 Å². The Morgan fingerprint density at radius 2 is 1.64 bits per heavy atom. The summed E-state index contributed by atoms with van der Waals surface area (Å²) in [6, 6.07) is 12.7. The lowest BCUT2D eigenvalue weighted by Gasteiger charge is -2.22. The Kier molecular flexibility index (Phi) is 6.65. The maximum Gasteiger partial charge on any atom is 0.325 e. The molecule has 2 rings (SSSR count). The molecule has 2 N–H and O–H groups in total. The van der Waals surface area contributed by atoms with Gasteiger partial charge in [0.1, 0.15) is 12.4 Å². The fourth-order valence-electron chi connectivity index (χ4n) is 2.34. The molecule has 0 saturated heterocycles. The van der Waals surface area contributed by atoms with Gasteiger partial charge in [-0.3, -0.25) is 9.59 Å². The molecule has 5 nitrogen and oxygen atoms in total. The van der Waals surface area contributed by atoms with E-state index in [1.54, 1.807) is 43.3 Å². The lowest BCUT2D eigenvalue weighted by atomic mass is 10.1. The van der Waals surface area contributed by atoms with E-state index in [9.17, 15) is 14.0 Å². The molecule has 0 heterocycles. The second-order valence-corrected chi connectivity index (χ2v) is 5.49. The molecule has 1 amide bonds. The molecule has 0 fully saturated rings. The minimum Gasteiger partial charge on any atom is -0.465 e. The number of carbonyl (C=O) groups excluding carboxylic acids is 2. The van der Waals surface area contributed by atoms with Crippen LogP contribution >= 0.6 is 0 Å². The summed E-state index contributed by atoms with van der Waals surface area (Å²) in [7, 11) is 0. The highest BCUT2D eigenvalue weighted by atomic mass is 19.1. The molecule has 0 unspecified atom stereocenters. The van der Waals surface area contributed by atoms with Crippen molar-refractivity contribution in [3.8, 4) is 0 Å². The molecular formula is C19H21FN2O3. The van der Waals surface area contributed by atoms with Crippen LogP contribution in [0.3, 0.4) is 0 Å². The molecule has 132 valence electrons. The monoisotopic (exact) mass is 344 g/mol. The predicted octanol–water partition coefficient (Wildman–Crippen LogP) is 2.49. The second kappa shape index (κ2) is 8.94. The summed E-state index contributed by atoms with van der Waals surface area (Å²) < 4.78 is 18.0. The van der Waals surface area contributed by atoms with E-state index in [4.69, 9.17) is 10.5 Å². The maximum absolute atomic E-state index is 13.1. The highest BCUT2D eigenvalue weighted by Gasteiger charge is 2.20. The zero-order chi connectivity index (χ0) is 18.2. The summed E-state index contributed by atoms with van der Waals surface area (Å²) >= 11 is 0. The molecule has 0 bridgehead atoms. The number of amides is 1. The van der Waals surface area contributed by atoms with E-state index in [0.717, 1.165) is 11.1 Å². The first-order valence-corrected chi connectivity index (χ1v) is 8.01. The first-order chi connectivity index (χ1) is 12.0. The Balaban J connectivity index is 2.20. The van der Waals surface area contributed by atoms with E-state index in [1.165, 1.54) is 17.0 Å². The van der Waals surface area contributed by atoms with E-state index in [0.29, 0.717) is 12.1 Å². The largest absolute Gasteiger partial charge is 0.465 e. The lowest BCUT2D eigenvalue weighted by Crippen LogP contribution is -2.36. The van der Waals surface area contributed by atoms with Crippen LogP contribution in [0.15, 0.2) is 48.5 Å². The Hall–Kier alpha value is -2.73. The average Bonchev–Trinajstić information content (AvgIpc) is 2.62. The molecule has 0 atom stereocenters. The Bertz CT molecular complexity index is 714. The van der Waals surface area contributed by atoms with Crippen LogP contribution in [0.4, 0.5) is 4.39 Å². The van der Waals surface area contributed by atoms with Crippen molar-refractivity contribution in [2.45, 2.75) is 20.0 Å². The summed E-state index contributed by atoms with van der Waals surface area (Å²) in [6.45, 7) is 2.33. The molecule has 0 aliphatic carbocycles. The number of rotatable bonds is 7. The Morgan fingerprint density at radius 1 is 1.04 bits per heavy atom. The van der Waals surface area contributed by atoms with Crippen LogP contribution in [-0.4, -0.2) is 29.9 Å². The molecule has 0 spiro atoms. The third kappa shape index (κ3) is 5.39. The zero-order valence-corrected chi connectivity index (χ0v) is 14.1. The summed E-state index contributed by atoms with van der Waals surface area (Å²) in [5.41, 5.74) is 7.64. The van der Waals surface area contributed by atoms with Crippen molar-refractivity contribution in [3.63, 3.8) is 0 Å². The van der Waals surface area contributed by atoms with Gasteiger partial charge in [0.25, 0.3) is 5.91 Å². The average molecular weight is 344 g/mol. The number of hydrogen-bond donors (Lipinski definition) is 1. The van der Waals surface area contributed by atoms with Gasteiger partial charge in [0.2, 0.25) is 0 Å². The molecular weight excluding hydrogens is 323 g/mol. The van der Waals surface area contributed by atoms with Gasteiger partial charge in [-0.15, -0.1) is 0 Å². The molecule has 0 radical (unpaired) electrons. The molecule has 0 saturated carbocycles. The summed E-state index contributed by atoms with van der Waals surface area (Å²) in [6.07, 6.45) is 0. The summed E-state index contributed by atoms with van der Waals surface area (Å²) in [5.74, 6) is -1.15. The third-order valence-corrected chi connectivity index (χ3v) is 3.64. The molecule has 6 heteroatoms. The molecule has 2 aromatic rings. The van der Waals surface area contributed by atoms with Gasteiger partial charge in [0.05, 0.1) is 6.61 Å². The number of esters is 1. The third-order valence-electron chi connectivity index (χ3n) is 3.64. The van der Waals surface area contributed by atoms with Gasteiger partial charge >= 0.3 is 5.97 Å². The van der Waals surface area contributed by atoms with Crippen molar-refractivity contribution >= 4 is 11.9 Å². The minimum atomic E-state index is -0.489. The summed E-state index contributed by atoms with van der Waals surface area (Å²) in [5, 5.41) is 0. The van der Waals surface area contributed by atoms with Crippen LogP contribution in [-0.2, 0) is 22.6 Å². The maximum atomic E-state index is 13.1. The van der Waals surface area contributed by atoms with Crippen molar-refractivity contribution in [1.29, 1.82) is 0 Å². The Labute approximate surface area is 146 Å². The van der Waals surface area contributed by atoms with Crippen LogP contribution in [0.5, 0.6) is 0 Å². The molecule has 0 aliphatic rings. The molecule has 0 aliphatic heterocycles.